The molecule has 0 radical (unpaired) electrons. The minimum Gasteiger partial charge on any atom is -0.332 e. The van der Waals surface area contributed by atoms with E-state index in [0.29, 0.717) is 10.1 Å². The molecular weight excluding hydrogens is 368 g/mol. The van der Waals surface area contributed by atoms with E-state index in [4.69, 9.17) is 23.8 Å². The van der Waals surface area contributed by atoms with Crippen molar-refractivity contribution in [3.05, 3.63) is 83.4 Å². The minimum atomic E-state index is 0.529. The standard InChI is InChI=1S/C20H17ClN2S2/c1-14-11-12-15(13-17(14)21)22-20(24)23-18-9-5-6-10-19(18)25-16-7-3-2-4-8-16/h2-13H,1H3,(H2,22,23,24). The molecule has 126 valence electrons. The summed E-state index contributed by atoms with van der Waals surface area (Å²) >= 11 is 13.3. The molecule has 25 heavy (non-hydrogen) atoms. The van der Waals surface area contributed by atoms with Crippen LogP contribution < -0.4 is 10.6 Å². The molecule has 0 spiro atoms. The first kappa shape index (κ1) is 17.8. The minimum absolute atomic E-state index is 0.529. The highest BCUT2D eigenvalue weighted by Crippen LogP contribution is 2.33. The van der Waals surface area contributed by atoms with Gasteiger partial charge >= 0.3 is 0 Å². The molecule has 3 rings (SSSR count). The van der Waals surface area contributed by atoms with Crippen molar-refractivity contribution in [2.45, 2.75) is 16.7 Å². The molecule has 0 atom stereocenters. The van der Waals surface area contributed by atoms with E-state index in [1.807, 2.05) is 61.5 Å². The number of benzene rings is 3. The molecule has 0 amide bonds. The summed E-state index contributed by atoms with van der Waals surface area (Å²) in [6.45, 7) is 1.97. The maximum atomic E-state index is 6.17. The first-order valence-corrected chi connectivity index (χ1v) is 9.38. The Labute approximate surface area is 162 Å². The summed E-state index contributed by atoms with van der Waals surface area (Å²) in [7, 11) is 0. The predicted octanol–water partition coefficient (Wildman–Crippen LogP) is 6.61. The Bertz CT molecular complexity index is 882. The number of anilines is 2. The fourth-order valence-electron chi connectivity index (χ4n) is 2.23. The van der Waals surface area contributed by atoms with Crippen LogP contribution in [0.25, 0.3) is 0 Å². The van der Waals surface area contributed by atoms with Gasteiger partial charge < -0.3 is 10.6 Å². The second-order valence-electron chi connectivity index (χ2n) is 5.45. The van der Waals surface area contributed by atoms with Crippen LogP contribution in [0.2, 0.25) is 5.02 Å². The van der Waals surface area contributed by atoms with E-state index in [-0.39, 0.29) is 0 Å². The van der Waals surface area contributed by atoms with Gasteiger partial charge in [0.1, 0.15) is 0 Å². The summed E-state index contributed by atoms with van der Waals surface area (Å²) < 4.78 is 0. The van der Waals surface area contributed by atoms with Gasteiger partial charge in [-0.2, -0.15) is 0 Å². The highest BCUT2D eigenvalue weighted by molar-refractivity contribution is 7.99. The Kier molecular flexibility index (Phi) is 5.97. The molecule has 0 heterocycles. The van der Waals surface area contributed by atoms with Crippen LogP contribution in [0, 0.1) is 6.92 Å². The SMILES string of the molecule is Cc1ccc(NC(=S)Nc2ccccc2Sc2ccccc2)cc1Cl. The summed E-state index contributed by atoms with van der Waals surface area (Å²) in [4.78, 5) is 2.29. The van der Waals surface area contributed by atoms with Gasteiger partial charge in [-0.25, -0.2) is 0 Å². The maximum Gasteiger partial charge on any atom is 0.175 e. The number of halogens is 1. The molecule has 0 saturated carbocycles. The number of thiocarbonyl (C=S) groups is 1. The summed E-state index contributed by atoms with van der Waals surface area (Å²) in [6.07, 6.45) is 0. The lowest BCUT2D eigenvalue weighted by Crippen LogP contribution is -2.19. The van der Waals surface area contributed by atoms with E-state index < -0.39 is 0 Å². The van der Waals surface area contributed by atoms with E-state index in [1.54, 1.807) is 11.8 Å². The molecule has 0 aliphatic rings. The van der Waals surface area contributed by atoms with Crippen LogP contribution in [-0.2, 0) is 0 Å². The third-order valence-corrected chi connectivity index (χ3v) is 5.23. The highest BCUT2D eigenvalue weighted by atomic mass is 35.5. The van der Waals surface area contributed by atoms with Gasteiger partial charge in [0.05, 0.1) is 5.69 Å². The second kappa shape index (κ2) is 8.39. The number of nitrogens with one attached hydrogen (secondary N) is 2. The van der Waals surface area contributed by atoms with Gasteiger partial charge in [-0.3, -0.25) is 0 Å². The second-order valence-corrected chi connectivity index (χ2v) is 7.39. The molecule has 2 N–H and O–H groups in total. The van der Waals surface area contributed by atoms with Crippen LogP contribution in [0.3, 0.4) is 0 Å². The molecule has 0 bridgehead atoms. The van der Waals surface area contributed by atoms with E-state index in [1.165, 1.54) is 4.90 Å². The zero-order valence-electron chi connectivity index (χ0n) is 13.6. The molecule has 0 aliphatic heterocycles. The van der Waals surface area contributed by atoms with Crippen molar-refractivity contribution < 1.29 is 0 Å². The van der Waals surface area contributed by atoms with Gasteiger partial charge in [-0.1, -0.05) is 59.8 Å². The van der Waals surface area contributed by atoms with Crippen molar-refractivity contribution in [1.29, 1.82) is 0 Å². The van der Waals surface area contributed by atoms with Gasteiger partial charge in [-0.15, -0.1) is 0 Å². The van der Waals surface area contributed by atoms with Gasteiger partial charge in [-0.05, 0) is 61.1 Å². The van der Waals surface area contributed by atoms with Gasteiger partial charge in [0.2, 0.25) is 0 Å². The zero-order valence-corrected chi connectivity index (χ0v) is 16.0. The Morgan fingerprint density at radius 2 is 1.64 bits per heavy atom. The Morgan fingerprint density at radius 3 is 2.40 bits per heavy atom. The summed E-state index contributed by atoms with van der Waals surface area (Å²) in [5.41, 5.74) is 2.86. The third kappa shape index (κ3) is 4.98. The number of rotatable bonds is 4. The molecule has 0 aromatic heterocycles. The molecule has 0 unspecified atom stereocenters. The van der Waals surface area contributed by atoms with E-state index in [0.717, 1.165) is 21.8 Å². The van der Waals surface area contributed by atoms with Crippen LogP contribution >= 0.6 is 35.6 Å². The Balaban J connectivity index is 1.72. The molecule has 5 heteroatoms. The predicted molar refractivity (Wildman–Crippen MR) is 113 cm³/mol. The number of hydrogen-bond acceptors (Lipinski definition) is 2. The first-order valence-electron chi connectivity index (χ1n) is 7.78. The van der Waals surface area contributed by atoms with Crippen LogP contribution in [-0.4, -0.2) is 5.11 Å². The smallest absolute Gasteiger partial charge is 0.175 e. The molecule has 3 aromatic carbocycles. The molecule has 3 aromatic rings. The van der Waals surface area contributed by atoms with E-state index in [2.05, 4.69) is 28.8 Å². The van der Waals surface area contributed by atoms with Gasteiger partial charge in [0, 0.05) is 20.5 Å². The fraction of sp³-hybridized carbons (Fsp3) is 0.0500. The lowest BCUT2D eigenvalue weighted by Gasteiger charge is -2.14. The van der Waals surface area contributed by atoms with Crippen LogP contribution in [0.4, 0.5) is 11.4 Å². The van der Waals surface area contributed by atoms with Crippen molar-refractivity contribution in [2.75, 3.05) is 10.6 Å². The maximum absolute atomic E-state index is 6.17. The molecule has 2 nitrogen and oxygen atoms in total. The lowest BCUT2D eigenvalue weighted by molar-refractivity contribution is 1.40. The van der Waals surface area contributed by atoms with E-state index in [9.17, 15) is 0 Å². The summed E-state index contributed by atoms with van der Waals surface area (Å²) in [6, 6.07) is 24.2. The zero-order chi connectivity index (χ0) is 17.6. The van der Waals surface area contributed by atoms with Crippen molar-refractivity contribution >= 4 is 52.1 Å². The highest BCUT2D eigenvalue weighted by Gasteiger charge is 2.06. The van der Waals surface area contributed by atoms with Crippen molar-refractivity contribution in [2.24, 2.45) is 0 Å². The quantitative estimate of drug-likeness (QED) is 0.494. The molecular formula is C20H17ClN2S2. The van der Waals surface area contributed by atoms with Gasteiger partial charge in [0.15, 0.2) is 5.11 Å². The fourth-order valence-corrected chi connectivity index (χ4v) is 3.56. The average molecular weight is 385 g/mol. The molecule has 0 fully saturated rings. The van der Waals surface area contributed by atoms with Crippen LogP contribution in [0.1, 0.15) is 5.56 Å². The normalized spacial score (nSPS) is 10.3. The summed E-state index contributed by atoms with van der Waals surface area (Å²) in [5, 5.41) is 7.69. The topological polar surface area (TPSA) is 24.1 Å². The van der Waals surface area contributed by atoms with Gasteiger partial charge in [0.25, 0.3) is 0 Å². The Hall–Kier alpha value is -2.01. The lowest BCUT2D eigenvalue weighted by atomic mass is 10.2. The Morgan fingerprint density at radius 1 is 0.920 bits per heavy atom. The first-order chi connectivity index (χ1) is 12.1. The van der Waals surface area contributed by atoms with Crippen LogP contribution in [0.5, 0.6) is 0 Å². The number of aryl methyl sites for hydroxylation is 1. The molecule has 0 aliphatic carbocycles. The largest absolute Gasteiger partial charge is 0.332 e. The average Bonchev–Trinajstić information content (AvgIpc) is 2.61. The third-order valence-electron chi connectivity index (χ3n) is 3.54. The van der Waals surface area contributed by atoms with Crippen LogP contribution in [0.15, 0.2) is 82.6 Å². The summed E-state index contributed by atoms with van der Waals surface area (Å²) in [5.74, 6) is 0. The van der Waals surface area contributed by atoms with Crippen molar-refractivity contribution in [1.82, 2.24) is 0 Å². The molecule has 0 saturated heterocycles. The van der Waals surface area contributed by atoms with Crippen molar-refractivity contribution in [3.63, 3.8) is 0 Å². The number of para-hydroxylation sites is 1. The van der Waals surface area contributed by atoms with E-state index >= 15 is 0 Å². The van der Waals surface area contributed by atoms with Crippen molar-refractivity contribution in [3.8, 4) is 0 Å². The monoisotopic (exact) mass is 384 g/mol. The number of hydrogen-bond donors (Lipinski definition) is 2.